The van der Waals surface area contributed by atoms with Gasteiger partial charge in [-0.2, -0.15) is 18.2 Å². The summed E-state index contributed by atoms with van der Waals surface area (Å²) in [4.78, 5) is 40.5. The largest absolute Gasteiger partial charge is 0.421 e. The van der Waals surface area contributed by atoms with Crippen molar-refractivity contribution in [3.63, 3.8) is 0 Å². The highest BCUT2D eigenvalue weighted by Crippen LogP contribution is 2.37. The van der Waals surface area contributed by atoms with Crippen molar-refractivity contribution in [2.75, 3.05) is 76.2 Å². The van der Waals surface area contributed by atoms with Gasteiger partial charge in [0.1, 0.15) is 11.4 Å². The Kier molecular flexibility index (Phi) is 10.8. The number of halogens is 3. The molecule has 14 heteroatoms. The van der Waals surface area contributed by atoms with Gasteiger partial charge in [-0.05, 0) is 51.0 Å². The summed E-state index contributed by atoms with van der Waals surface area (Å²) >= 11 is 0. The predicted octanol–water partition coefficient (Wildman–Crippen LogP) is 3.43. The van der Waals surface area contributed by atoms with Crippen molar-refractivity contribution in [2.24, 2.45) is 5.92 Å². The lowest BCUT2D eigenvalue weighted by atomic mass is 10.0. The number of hydrogen-bond donors (Lipinski definition) is 3. The Labute approximate surface area is 261 Å². The highest BCUT2D eigenvalue weighted by Gasteiger charge is 2.39. The molecule has 246 valence electrons. The molecule has 2 saturated heterocycles. The van der Waals surface area contributed by atoms with E-state index in [0.717, 1.165) is 65.1 Å². The molecule has 3 aliphatic rings. The molecule has 1 aliphatic carbocycles. The molecule has 2 aromatic rings. The van der Waals surface area contributed by atoms with Gasteiger partial charge in [0.05, 0.1) is 19.1 Å². The molecule has 3 heterocycles. The van der Waals surface area contributed by atoms with Crippen LogP contribution in [0.2, 0.25) is 0 Å². The summed E-state index contributed by atoms with van der Waals surface area (Å²) in [5.41, 5.74) is 0.0651. The first-order valence-electron chi connectivity index (χ1n) is 15.8. The zero-order chi connectivity index (χ0) is 32.0. The molecule has 0 radical (unpaired) electrons. The van der Waals surface area contributed by atoms with Crippen molar-refractivity contribution in [1.82, 2.24) is 30.0 Å². The number of hydrogen-bond acceptors (Lipinski definition) is 9. The molecule has 11 nitrogen and oxygen atoms in total. The van der Waals surface area contributed by atoms with Gasteiger partial charge in [-0.3, -0.25) is 19.4 Å². The van der Waals surface area contributed by atoms with E-state index in [4.69, 9.17) is 4.74 Å². The van der Waals surface area contributed by atoms with Crippen LogP contribution in [-0.2, 0) is 15.7 Å². The first kappa shape index (κ1) is 32.9. The zero-order valence-corrected chi connectivity index (χ0v) is 25.9. The van der Waals surface area contributed by atoms with Crippen molar-refractivity contribution in [3.05, 3.63) is 41.6 Å². The predicted molar refractivity (Wildman–Crippen MR) is 164 cm³/mol. The number of morpholine rings is 1. The van der Waals surface area contributed by atoms with Gasteiger partial charge >= 0.3 is 6.18 Å². The molecule has 2 aliphatic heterocycles. The van der Waals surface area contributed by atoms with Gasteiger partial charge < -0.3 is 25.6 Å². The van der Waals surface area contributed by atoms with Crippen LogP contribution in [0.5, 0.6) is 0 Å². The van der Waals surface area contributed by atoms with E-state index in [1.54, 1.807) is 24.3 Å². The Morgan fingerprint density at radius 3 is 2.29 bits per heavy atom. The van der Waals surface area contributed by atoms with Crippen molar-refractivity contribution in [1.29, 1.82) is 0 Å². The maximum absolute atomic E-state index is 13.9. The normalized spacial score (nSPS) is 21.6. The van der Waals surface area contributed by atoms with E-state index in [9.17, 15) is 22.8 Å². The lowest BCUT2D eigenvalue weighted by Gasteiger charge is -2.36. The molecule has 1 aromatic carbocycles. The standard InChI is InChI=1S/C31H43F3N8O3/c1-21(2)36-28(43)24-4-3-5-26(24)38-27-25(31(32,33)34)20-35-30(39-27)37-23-8-6-22(7-9-23)29(44)42-14-12-40(13-15-42)10-11-41-16-18-45-19-17-41/h6-9,20-21,24,26H,3-5,10-19H2,1-2H3,(H,36,43)(H2,35,37,38,39)/t24-,26+/m0/s1. The molecule has 2 atom stereocenters. The molecule has 0 unspecified atom stereocenters. The number of nitrogens with one attached hydrogen (secondary N) is 3. The summed E-state index contributed by atoms with van der Waals surface area (Å²) in [6.45, 7) is 12.1. The lowest BCUT2D eigenvalue weighted by molar-refractivity contribution is -0.137. The van der Waals surface area contributed by atoms with Crippen LogP contribution in [0.25, 0.3) is 0 Å². The van der Waals surface area contributed by atoms with Crippen LogP contribution in [0.15, 0.2) is 30.5 Å². The zero-order valence-electron chi connectivity index (χ0n) is 25.9. The van der Waals surface area contributed by atoms with E-state index >= 15 is 0 Å². The van der Waals surface area contributed by atoms with Gasteiger partial charge in [0.2, 0.25) is 11.9 Å². The van der Waals surface area contributed by atoms with E-state index < -0.39 is 23.7 Å². The van der Waals surface area contributed by atoms with Gasteiger partial charge in [-0.1, -0.05) is 6.42 Å². The average Bonchev–Trinajstić information content (AvgIpc) is 3.48. The van der Waals surface area contributed by atoms with E-state index in [-0.39, 0.29) is 29.6 Å². The average molecular weight is 633 g/mol. The number of piperazine rings is 1. The molecule has 3 fully saturated rings. The first-order valence-corrected chi connectivity index (χ1v) is 15.8. The molecular formula is C31H43F3N8O3. The molecule has 45 heavy (non-hydrogen) atoms. The third-order valence-corrected chi connectivity index (χ3v) is 8.58. The smallest absolute Gasteiger partial charge is 0.379 e. The van der Waals surface area contributed by atoms with E-state index in [1.165, 1.54) is 0 Å². The summed E-state index contributed by atoms with van der Waals surface area (Å²) in [7, 11) is 0. The third kappa shape index (κ3) is 8.82. The number of benzene rings is 1. The fraction of sp³-hybridized carbons (Fsp3) is 0.613. The topological polar surface area (TPSA) is 115 Å². The number of nitrogens with zero attached hydrogens (tertiary/aromatic N) is 5. The Balaban J connectivity index is 1.18. The maximum Gasteiger partial charge on any atom is 0.421 e. The Bertz CT molecular complexity index is 1300. The molecule has 2 amide bonds. The minimum absolute atomic E-state index is 0.0287. The van der Waals surface area contributed by atoms with E-state index in [1.807, 2.05) is 18.7 Å². The van der Waals surface area contributed by atoms with E-state index in [2.05, 4.69) is 35.7 Å². The second-order valence-corrected chi connectivity index (χ2v) is 12.2. The van der Waals surface area contributed by atoms with Crippen molar-refractivity contribution < 1.29 is 27.5 Å². The monoisotopic (exact) mass is 632 g/mol. The fourth-order valence-electron chi connectivity index (χ4n) is 6.06. The van der Waals surface area contributed by atoms with Crippen LogP contribution in [0, 0.1) is 5.92 Å². The SMILES string of the molecule is CC(C)NC(=O)[C@H]1CCC[C@H]1Nc1nc(Nc2ccc(C(=O)N3CCN(CCN4CCOCC4)CC3)cc2)ncc1C(F)(F)F. The van der Waals surface area contributed by atoms with Crippen LogP contribution in [0.3, 0.4) is 0 Å². The van der Waals surface area contributed by atoms with Crippen LogP contribution >= 0.6 is 0 Å². The molecular weight excluding hydrogens is 589 g/mol. The molecule has 1 saturated carbocycles. The molecule has 1 aromatic heterocycles. The molecule has 0 bridgehead atoms. The molecule has 0 spiro atoms. The van der Waals surface area contributed by atoms with Gasteiger partial charge in [0.15, 0.2) is 0 Å². The number of aromatic nitrogens is 2. The number of carbonyl (C=O) groups is 2. The molecule has 3 N–H and O–H groups in total. The number of ether oxygens (including phenoxy) is 1. The Morgan fingerprint density at radius 2 is 1.64 bits per heavy atom. The minimum Gasteiger partial charge on any atom is -0.379 e. The van der Waals surface area contributed by atoms with Crippen LogP contribution in [0.4, 0.5) is 30.6 Å². The molecule has 5 rings (SSSR count). The number of anilines is 3. The number of rotatable bonds is 10. The quantitative estimate of drug-likeness (QED) is 0.363. The van der Waals surface area contributed by atoms with Gasteiger partial charge in [-0.25, -0.2) is 4.98 Å². The third-order valence-electron chi connectivity index (χ3n) is 8.58. The summed E-state index contributed by atoms with van der Waals surface area (Å²) in [5, 5.41) is 8.71. The van der Waals surface area contributed by atoms with Crippen LogP contribution in [-0.4, -0.2) is 114 Å². The highest BCUT2D eigenvalue weighted by molar-refractivity contribution is 5.94. The van der Waals surface area contributed by atoms with Crippen molar-refractivity contribution in [3.8, 4) is 0 Å². The number of alkyl halides is 3. The maximum atomic E-state index is 13.9. The van der Waals surface area contributed by atoms with E-state index in [0.29, 0.717) is 37.2 Å². The highest BCUT2D eigenvalue weighted by atomic mass is 19.4. The summed E-state index contributed by atoms with van der Waals surface area (Å²) in [6, 6.07) is 6.20. The Morgan fingerprint density at radius 1 is 0.978 bits per heavy atom. The fourth-order valence-corrected chi connectivity index (χ4v) is 6.06. The number of amides is 2. The lowest BCUT2D eigenvalue weighted by Crippen LogP contribution is -2.51. The first-order chi connectivity index (χ1) is 21.6. The second-order valence-electron chi connectivity index (χ2n) is 12.2. The summed E-state index contributed by atoms with van der Waals surface area (Å²) in [5.74, 6) is -1.09. The number of carbonyl (C=O) groups excluding carboxylic acids is 2. The van der Waals surface area contributed by atoms with Gasteiger partial charge in [0.25, 0.3) is 5.91 Å². The van der Waals surface area contributed by atoms with Crippen LogP contribution in [0.1, 0.15) is 49.0 Å². The van der Waals surface area contributed by atoms with Crippen LogP contribution < -0.4 is 16.0 Å². The Hall–Kier alpha value is -3.49. The van der Waals surface area contributed by atoms with Gasteiger partial charge in [0, 0.05) is 81.9 Å². The van der Waals surface area contributed by atoms with Crippen molar-refractivity contribution >= 4 is 29.3 Å². The minimum atomic E-state index is -4.68. The van der Waals surface area contributed by atoms with Gasteiger partial charge in [-0.15, -0.1) is 0 Å². The van der Waals surface area contributed by atoms with Crippen molar-refractivity contribution in [2.45, 2.75) is 51.4 Å². The second kappa shape index (κ2) is 14.7. The summed E-state index contributed by atoms with van der Waals surface area (Å²) in [6.07, 6.45) is -2.07. The summed E-state index contributed by atoms with van der Waals surface area (Å²) < 4.78 is 47.0.